The van der Waals surface area contributed by atoms with Crippen molar-refractivity contribution < 1.29 is 19.4 Å². The van der Waals surface area contributed by atoms with Crippen molar-refractivity contribution in [3.63, 3.8) is 0 Å². The van der Waals surface area contributed by atoms with E-state index in [0.29, 0.717) is 25.6 Å². The van der Waals surface area contributed by atoms with Crippen molar-refractivity contribution in [2.24, 2.45) is 5.92 Å². The van der Waals surface area contributed by atoms with Gasteiger partial charge in [-0.3, -0.25) is 4.79 Å². The Morgan fingerprint density at radius 2 is 2.30 bits per heavy atom. The summed E-state index contributed by atoms with van der Waals surface area (Å²) in [6.45, 7) is 3.71. The summed E-state index contributed by atoms with van der Waals surface area (Å²) in [7, 11) is 0. The molecule has 1 fully saturated rings. The molecule has 1 aliphatic carbocycles. The Labute approximate surface area is 137 Å². The van der Waals surface area contributed by atoms with E-state index in [4.69, 9.17) is 9.47 Å². The molecule has 1 heterocycles. The van der Waals surface area contributed by atoms with Crippen LogP contribution in [0, 0.1) is 5.92 Å². The number of aliphatic hydroxyl groups excluding tert-OH is 1. The molecule has 5 heteroatoms. The fourth-order valence-electron chi connectivity index (χ4n) is 3.33. The number of ether oxygens (including phenoxy) is 2. The fourth-order valence-corrected chi connectivity index (χ4v) is 3.33. The van der Waals surface area contributed by atoms with Crippen molar-refractivity contribution in [1.29, 1.82) is 0 Å². The van der Waals surface area contributed by atoms with E-state index in [1.165, 1.54) is 5.56 Å². The van der Waals surface area contributed by atoms with Gasteiger partial charge in [-0.15, -0.1) is 0 Å². The number of aliphatic hydroxyl groups is 1. The largest absolute Gasteiger partial charge is 0.493 e. The molecule has 1 aromatic rings. The first-order valence-electron chi connectivity index (χ1n) is 8.48. The molecule has 23 heavy (non-hydrogen) atoms. The van der Waals surface area contributed by atoms with Gasteiger partial charge in [0.15, 0.2) is 0 Å². The number of nitrogens with one attached hydrogen (secondary N) is 1. The normalized spacial score (nSPS) is 23.6. The van der Waals surface area contributed by atoms with Crippen molar-refractivity contribution in [1.82, 2.24) is 5.32 Å². The molecule has 5 nitrogen and oxygen atoms in total. The molecule has 0 bridgehead atoms. The van der Waals surface area contributed by atoms with Gasteiger partial charge in [0.25, 0.3) is 0 Å². The Bertz CT molecular complexity index is 554. The number of fused-ring (bicyclic) bond motifs is 1. The summed E-state index contributed by atoms with van der Waals surface area (Å²) < 4.78 is 10.8. The second-order valence-electron chi connectivity index (χ2n) is 6.34. The highest BCUT2D eigenvalue weighted by Gasteiger charge is 2.36. The average Bonchev–Trinajstić information content (AvgIpc) is 2.97. The topological polar surface area (TPSA) is 67.8 Å². The van der Waals surface area contributed by atoms with Crippen molar-refractivity contribution in [2.75, 3.05) is 19.8 Å². The highest BCUT2D eigenvalue weighted by atomic mass is 16.5. The standard InChI is InChI=1S/C18H25NO4/c1-2-22-7-6-17(21)19-18(14-10-15(20)11-14)13-3-4-16-12(9-13)5-8-23-16/h3-4,9,14-15,18,20H,2,5-8,10-11H2,1H3,(H,19,21)/t14?,15?,18-/m0/s1. The first-order valence-corrected chi connectivity index (χ1v) is 8.48. The summed E-state index contributed by atoms with van der Waals surface area (Å²) in [5.41, 5.74) is 2.31. The van der Waals surface area contributed by atoms with Gasteiger partial charge < -0.3 is 19.9 Å². The molecule has 1 saturated carbocycles. The third-order valence-corrected chi connectivity index (χ3v) is 4.69. The number of benzene rings is 1. The second kappa shape index (κ2) is 7.32. The molecule has 0 radical (unpaired) electrons. The molecule has 0 aromatic heterocycles. The lowest BCUT2D eigenvalue weighted by atomic mass is 9.75. The Morgan fingerprint density at radius 1 is 1.48 bits per heavy atom. The maximum absolute atomic E-state index is 12.2. The third kappa shape index (κ3) is 3.85. The smallest absolute Gasteiger partial charge is 0.222 e. The fraction of sp³-hybridized carbons (Fsp3) is 0.611. The number of hydrogen-bond acceptors (Lipinski definition) is 4. The van der Waals surface area contributed by atoms with Gasteiger partial charge in [-0.05, 0) is 48.9 Å². The summed E-state index contributed by atoms with van der Waals surface area (Å²) in [6.07, 6.45) is 2.53. The Balaban J connectivity index is 1.69. The molecular weight excluding hydrogens is 294 g/mol. The number of carbonyl (C=O) groups is 1. The van der Waals surface area contributed by atoms with Crippen LogP contribution in [-0.4, -0.2) is 36.9 Å². The average molecular weight is 319 g/mol. The zero-order valence-corrected chi connectivity index (χ0v) is 13.6. The lowest BCUT2D eigenvalue weighted by molar-refractivity contribution is -0.124. The highest BCUT2D eigenvalue weighted by Crippen LogP contribution is 2.39. The maximum atomic E-state index is 12.2. The van der Waals surface area contributed by atoms with Crippen LogP contribution >= 0.6 is 0 Å². The Hall–Kier alpha value is -1.59. The lowest BCUT2D eigenvalue weighted by Crippen LogP contribution is -2.41. The number of rotatable bonds is 7. The van der Waals surface area contributed by atoms with Crippen LogP contribution in [0.3, 0.4) is 0 Å². The molecule has 1 amide bonds. The van der Waals surface area contributed by atoms with Crippen LogP contribution in [0.2, 0.25) is 0 Å². The van der Waals surface area contributed by atoms with Crippen LogP contribution in [0.15, 0.2) is 18.2 Å². The SMILES string of the molecule is CCOCCC(=O)N[C@@H](c1ccc2c(c1)CCO2)C1CC(O)C1. The van der Waals surface area contributed by atoms with Crippen LogP contribution < -0.4 is 10.1 Å². The summed E-state index contributed by atoms with van der Waals surface area (Å²) in [5, 5.41) is 12.8. The number of hydrogen-bond donors (Lipinski definition) is 2. The van der Waals surface area contributed by atoms with Crippen LogP contribution in [0.4, 0.5) is 0 Å². The van der Waals surface area contributed by atoms with E-state index < -0.39 is 0 Å². The number of amides is 1. The predicted octanol–water partition coefficient (Wildman–Crippen LogP) is 1.98. The van der Waals surface area contributed by atoms with E-state index in [2.05, 4.69) is 11.4 Å². The second-order valence-corrected chi connectivity index (χ2v) is 6.34. The summed E-state index contributed by atoms with van der Waals surface area (Å²) in [4.78, 5) is 12.2. The van der Waals surface area contributed by atoms with E-state index in [-0.39, 0.29) is 18.1 Å². The van der Waals surface area contributed by atoms with Crippen molar-refractivity contribution in [3.8, 4) is 5.75 Å². The third-order valence-electron chi connectivity index (χ3n) is 4.69. The molecule has 2 N–H and O–H groups in total. The zero-order valence-electron chi connectivity index (χ0n) is 13.6. The molecule has 2 aliphatic rings. The number of carbonyl (C=O) groups excluding carboxylic acids is 1. The van der Waals surface area contributed by atoms with Gasteiger partial charge in [-0.25, -0.2) is 0 Å². The van der Waals surface area contributed by atoms with Crippen LogP contribution in [-0.2, 0) is 16.0 Å². The van der Waals surface area contributed by atoms with Gasteiger partial charge in [-0.1, -0.05) is 6.07 Å². The Kier molecular flexibility index (Phi) is 5.18. The highest BCUT2D eigenvalue weighted by molar-refractivity contribution is 5.76. The van der Waals surface area contributed by atoms with Gasteiger partial charge >= 0.3 is 0 Å². The molecule has 0 spiro atoms. The molecule has 0 saturated heterocycles. The quantitative estimate of drug-likeness (QED) is 0.754. The molecule has 0 unspecified atom stereocenters. The molecule has 3 rings (SSSR count). The summed E-state index contributed by atoms with van der Waals surface area (Å²) in [5.74, 6) is 1.24. The van der Waals surface area contributed by atoms with Gasteiger partial charge in [0.1, 0.15) is 5.75 Å². The van der Waals surface area contributed by atoms with Crippen LogP contribution in [0.1, 0.15) is 43.4 Å². The van der Waals surface area contributed by atoms with E-state index in [0.717, 1.165) is 37.2 Å². The summed E-state index contributed by atoms with van der Waals surface area (Å²) >= 11 is 0. The molecular formula is C18H25NO4. The minimum atomic E-state index is -0.236. The van der Waals surface area contributed by atoms with E-state index in [9.17, 15) is 9.90 Å². The molecule has 1 aliphatic heterocycles. The lowest BCUT2D eigenvalue weighted by Gasteiger charge is -2.38. The molecule has 1 atom stereocenters. The van der Waals surface area contributed by atoms with Crippen LogP contribution in [0.5, 0.6) is 5.75 Å². The first kappa shape index (κ1) is 16.3. The van der Waals surface area contributed by atoms with Gasteiger partial charge in [0, 0.05) is 19.4 Å². The maximum Gasteiger partial charge on any atom is 0.222 e. The van der Waals surface area contributed by atoms with Crippen molar-refractivity contribution in [2.45, 2.75) is 44.8 Å². The molecule has 1 aromatic carbocycles. The van der Waals surface area contributed by atoms with Crippen molar-refractivity contribution in [3.05, 3.63) is 29.3 Å². The van der Waals surface area contributed by atoms with E-state index in [1.54, 1.807) is 0 Å². The molecule has 126 valence electrons. The Morgan fingerprint density at radius 3 is 3.04 bits per heavy atom. The predicted molar refractivity (Wildman–Crippen MR) is 86.4 cm³/mol. The van der Waals surface area contributed by atoms with Crippen molar-refractivity contribution >= 4 is 5.91 Å². The minimum absolute atomic E-state index is 0.00147. The summed E-state index contributed by atoms with van der Waals surface area (Å²) in [6, 6.07) is 6.12. The zero-order chi connectivity index (χ0) is 16.2. The van der Waals surface area contributed by atoms with E-state index in [1.807, 2.05) is 19.1 Å². The van der Waals surface area contributed by atoms with E-state index >= 15 is 0 Å². The van der Waals surface area contributed by atoms with Gasteiger partial charge in [-0.2, -0.15) is 0 Å². The first-order chi connectivity index (χ1) is 11.2. The van der Waals surface area contributed by atoms with Gasteiger partial charge in [0.05, 0.1) is 25.4 Å². The monoisotopic (exact) mass is 319 g/mol. The minimum Gasteiger partial charge on any atom is -0.493 e. The van der Waals surface area contributed by atoms with Gasteiger partial charge in [0.2, 0.25) is 5.91 Å². The van der Waals surface area contributed by atoms with Crippen LogP contribution in [0.25, 0.3) is 0 Å².